The molecule has 33 heavy (non-hydrogen) atoms. The summed E-state index contributed by atoms with van der Waals surface area (Å²) in [5.74, 6) is 1.44. The average molecular weight is 470 g/mol. The topological polar surface area (TPSA) is 110 Å². The minimum atomic E-state index is -0.572. The van der Waals surface area contributed by atoms with Crippen LogP contribution in [0.3, 0.4) is 0 Å². The molecule has 0 aliphatic rings. The maximum Gasteiger partial charge on any atom is 0.338 e. The second kappa shape index (κ2) is 9.74. The smallest absolute Gasteiger partial charge is 0.338 e. The van der Waals surface area contributed by atoms with E-state index < -0.39 is 5.97 Å². The van der Waals surface area contributed by atoms with Crippen LogP contribution in [-0.2, 0) is 18.0 Å². The zero-order valence-electron chi connectivity index (χ0n) is 18.1. The normalized spacial score (nSPS) is 10.8. The van der Waals surface area contributed by atoms with E-state index in [9.17, 15) is 4.79 Å². The van der Waals surface area contributed by atoms with Crippen molar-refractivity contribution in [2.75, 3.05) is 7.11 Å². The number of hydrogen-bond acceptors (Lipinski definition) is 9. The first-order valence-corrected chi connectivity index (χ1v) is 10.3. The summed E-state index contributed by atoms with van der Waals surface area (Å²) in [7, 11) is 1.49. The SMILES string of the molecule is COc1cc(C(=O)OCc2nnc(-c3ccc(Cl)cc3)o2)ccc1OCc1c(C)noc1C. The van der Waals surface area contributed by atoms with Crippen LogP contribution in [0.4, 0.5) is 0 Å². The second-order valence-electron chi connectivity index (χ2n) is 7.04. The highest BCUT2D eigenvalue weighted by atomic mass is 35.5. The average Bonchev–Trinajstić information content (AvgIpc) is 3.43. The Morgan fingerprint density at radius 1 is 1.03 bits per heavy atom. The number of aryl methyl sites for hydroxylation is 2. The summed E-state index contributed by atoms with van der Waals surface area (Å²) in [4.78, 5) is 12.5. The van der Waals surface area contributed by atoms with Crippen molar-refractivity contribution in [1.82, 2.24) is 15.4 Å². The molecule has 9 nitrogen and oxygen atoms in total. The Morgan fingerprint density at radius 3 is 2.52 bits per heavy atom. The molecule has 0 saturated carbocycles. The zero-order chi connectivity index (χ0) is 23.4. The zero-order valence-corrected chi connectivity index (χ0v) is 18.9. The van der Waals surface area contributed by atoms with E-state index in [1.807, 2.05) is 13.8 Å². The van der Waals surface area contributed by atoms with Gasteiger partial charge in [0.2, 0.25) is 5.89 Å². The minimum Gasteiger partial charge on any atom is -0.493 e. The number of esters is 1. The van der Waals surface area contributed by atoms with Gasteiger partial charge in [0.15, 0.2) is 18.1 Å². The largest absolute Gasteiger partial charge is 0.493 e. The van der Waals surface area contributed by atoms with E-state index >= 15 is 0 Å². The molecule has 170 valence electrons. The number of hydrogen-bond donors (Lipinski definition) is 0. The van der Waals surface area contributed by atoms with Crippen LogP contribution in [0.2, 0.25) is 5.02 Å². The Labute approximate surface area is 194 Å². The van der Waals surface area contributed by atoms with Gasteiger partial charge in [0.05, 0.1) is 23.9 Å². The third-order valence-electron chi connectivity index (χ3n) is 4.84. The lowest BCUT2D eigenvalue weighted by atomic mass is 10.2. The number of carbonyl (C=O) groups excluding carboxylic acids is 1. The third kappa shape index (κ3) is 5.15. The molecule has 0 spiro atoms. The molecule has 0 amide bonds. The van der Waals surface area contributed by atoms with Gasteiger partial charge in [-0.25, -0.2) is 4.79 Å². The maximum absolute atomic E-state index is 12.5. The van der Waals surface area contributed by atoms with Gasteiger partial charge >= 0.3 is 5.97 Å². The van der Waals surface area contributed by atoms with Crippen molar-refractivity contribution in [3.63, 3.8) is 0 Å². The summed E-state index contributed by atoms with van der Waals surface area (Å²) < 4.78 is 27.2. The molecule has 0 unspecified atom stereocenters. The number of benzene rings is 2. The van der Waals surface area contributed by atoms with Gasteiger partial charge in [-0.1, -0.05) is 16.8 Å². The standard InChI is InChI=1S/C23H20ClN3O6/c1-13-18(14(2)33-27-13)11-30-19-9-6-16(10-20(19)29-3)23(28)31-12-21-25-26-22(32-21)15-4-7-17(24)8-5-15/h4-10H,11-12H2,1-3H3. The van der Waals surface area contributed by atoms with E-state index in [-0.39, 0.29) is 24.7 Å². The van der Waals surface area contributed by atoms with Gasteiger partial charge in [0.25, 0.3) is 5.89 Å². The Balaban J connectivity index is 1.38. The van der Waals surface area contributed by atoms with E-state index in [0.29, 0.717) is 33.7 Å². The highest BCUT2D eigenvalue weighted by molar-refractivity contribution is 6.30. The molecule has 0 N–H and O–H groups in total. The van der Waals surface area contributed by atoms with Crippen LogP contribution >= 0.6 is 11.6 Å². The molecule has 0 aliphatic carbocycles. The predicted octanol–water partition coefficient (Wildman–Crippen LogP) is 4.94. The molecule has 2 aromatic carbocycles. The summed E-state index contributed by atoms with van der Waals surface area (Å²) in [5, 5.41) is 12.4. The van der Waals surface area contributed by atoms with Gasteiger partial charge in [-0.05, 0) is 56.3 Å². The molecule has 4 aromatic rings. The summed E-state index contributed by atoms with van der Waals surface area (Å²) in [5.41, 5.74) is 2.61. The van der Waals surface area contributed by atoms with E-state index in [0.717, 1.165) is 11.3 Å². The van der Waals surface area contributed by atoms with Gasteiger partial charge in [-0.3, -0.25) is 0 Å². The highest BCUT2D eigenvalue weighted by Gasteiger charge is 2.16. The van der Waals surface area contributed by atoms with Crippen LogP contribution in [0.5, 0.6) is 11.5 Å². The van der Waals surface area contributed by atoms with E-state index in [2.05, 4.69) is 15.4 Å². The Hall–Kier alpha value is -3.85. The second-order valence-corrected chi connectivity index (χ2v) is 7.48. The number of methoxy groups -OCH3 is 1. The lowest BCUT2D eigenvalue weighted by molar-refractivity contribution is 0.0438. The van der Waals surface area contributed by atoms with Gasteiger partial charge in [0, 0.05) is 10.6 Å². The fourth-order valence-corrected chi connectivity index (χ4v) is 3.13. The van der Waals surface area contributed by atoms with Crippen LogP contribution < -0.4 is 9.47 Å². The number of nitrogens with zero attached hydrogens (tertiary/aromatic N) is 3. The van der Waals surface area contributed by atoms with Crippen molar-refractivity contribution >= 4 is 17.6 Å². The molecule has 0 radical (unpaired) electrons. The fraction of sp³-hybridized carbons (Fsp3) is 0.217. The van der Waals surface area contributed by atoms with E-state index in [1.54, 1.807) is 36.4 Å². The minimum absolute atomic E-state index is 0.166. The van der Waals surface area contributed by atoms with E-state index in [4.69, 9.17) is 34.8 Å². The lowest BCUT2D eigenvalue weighted by Gasteiger charge is -2.12. The third-order valence-corrected chi connectivity index (χ3v) is 5.09. The van der Waals surface area contributed by atoms with Gasteiger partial charge < -0.3 is 23.2 Å². The molecule has 0 atom stereocenters. The van der Waals surface area contributed by atoms with Gasteiger partial charge in [-0.2, -0.15) is 0 Å². The molecule has 0 saturated heterocycles. The summed E-state index contributed by atoms with van der Waals surface area (Å²) in [6.45, 7) is 3.74. The molecule has 0 aliphatic heterocycles. The van der Waals surface area contributed by atoms with Gasteiger partial charge in [-0.15, -0.1) is 10.2 Å². The highest BCUT2D eigenvalue weighted by Crippen LogP contribution is 2.30. The Bertz CT molecular complexity index is 1250. The van der Waals surface area contributed by atoms with Crippen LogP contribution in [0.15, 0.2) is 51.4 Å². The van der Waals surface area contributed by atoms with Crippen molar-refractivity contribution in [3.8, 4) is 23.0 Å². The number of halogens is 1. The lowest BCUT2D eigenvalue weighted by Crippen LogP contribution is -2.06. The monoisotopic (exact) mass is 469 g/mol. The molecule has 4 rings (SSSR count). The quantitative estimate of drug-likeness (QED) is 0.331. The van der Waals surface area contributed by atoms with Crippen molar-refractivity contribution in [2.24, 2.45) is 0 Å². The summed E-state index contributed by atoms with van der Waals surface area (Å²) in [6, 6.07) is 11.7. The first kappa shape index (κ1) is 22.3. The van der Waals surface area contributed by atoms with E-state index in [1.165, 1.54) is 13.2 Å². The predicted molar refractivity (Wildman–Crippen MR) is 117 cm³/mol. The number of aromatic nitrogens is 3. The Morgan fingerprint density at radius 2 is 1.82 bits per heavy atom. The number of ether oxygens (including phenoxy) is 3. The first-order chi connectivity index (χ1) is 15.9. The van der Waals surface area contributed by atoms with Crippen LogP contribution in [-0.4, -0.2) is 28.4 Å². The van der Waals surface area contributed by atoms with Crippen molar-refractivity contribution in [3.05, 3.63) is 76.0 Å². The van der Waals surface area contributed by atoms with Crippen LogP contribution in [0.25, 0.3) is 11.5 Å². The van der Waals surface area contributed by atoms with Crippen LogP contribution in [0, 0.1) is 13.8 Å². The molecule has 10 heteroatoms. The molecule has 0 fully saturated rings. The maximum atomic E-state index is 12.5. The molecule has 2 aromatic heterocycles. The number of carbonyl (C=O) groups is 1. The molecular formula is C23H20ClN3O6. The summed E-state index contributed by atoms with van der Waals surface area (Å²) in [6.07, 6.45) is 0. The summed E-state index contributed by atoms with van der Waals surface area (Å²) >= 11 is 5.88. The van der Waals surface area contributed by atoms with Crippen molar-refractivity contribution < 1.29 is 27.9 Å². The molecule has 2 heterocycles. The molecule has 0 bridgehead atoms. The Kier molecular flexibility index (Phi) is 6.60. The molecular weight excluding hydrogens is 450 g/mol. The van der Waals surface area contributed by atoms with Crippen molar-refractivity contribution in [1.29, 1.82) is 0 Å². The van der Waals surface area contributed by atoms with Crippen molar-refractivity contribution in [2.45, 2.75) is 27.1 Å². The van der Waals surface area contributed by atoms with Crippen LogP contribution in [0.1, 0.15) is 33.3 Å². The number of rotatable bonds is 8. The fourth-order valence-electron chi connectivity index (χ4n) is 3.00. The first-order valence-electron chi connectivity index (χ1n) is 9.92. The van der Waals surface area contributed by atoms with Gasteiger partial charge in [0.1, 0.15) is 12.4 Å².